The normalized spacial score (nSPS) is 10.5. The van der Waals surface area contributed by atoms with Crippen LogP contribution in [-0.4, -0.2) is 39.8 Å². The molecule has 24 heavy (non-hydrogen) atoms. The maximum Gasteiger partial charge on any atom is 0.263 e. The molecule has 0 saturated heterocycles. The number of nitrogens with two attached hydrogens (primary N) is 1. The number of hydrogen-bond donors (Lipinski definition) is 2. The highest BCUT2D eigenvalue weighted by Gasteiger charge is 2.13. The average Bonchev–Trinajstić information content (AvgIpc) is 2.99. The van der Waals surface area contributed by atoms with Crippen molar-refractivity contribution in [2.24, 2.45) is 5.73 Å². The molecule has 1 heterocycles. The summed E-state index contributed by atoms with van der Waals surface area (Å²) >= 11 is 6.19. The number of halogens is 1. The molecule has 0 spiro atoms. The Balaban J connectivity index is 2.07. The fourth-order valence-corrected chi connectivity index (χ4v) is 2.24. The predicted octanol–water partition coefficient (Wildman–Crippen LogP) is 1.22. The van der Waals surface area contributed by atoms with Gasteiger partial charge in [0.15, 0.2) is 18.1 Å². The first-order valence-corrected chi connectivity index (χ1v) is 7.70. The van der Waals surface area contributed by atoms with Crippen molar-refractivity contribution in [3.05, 3.63) is 22.7 Å². The van der Waals surface area contributed by atoms with Gasteiger partial charge in [0.2, 0.25) is 0 Å². The quantitative estimate of drug-likeness (QED) is 0.695. The SMILES string of the molecule is CCCn1nnc(NCc2cc(Cl)c(OCC(N)=O)c(OC)c2)n1. The highest BCUT2D eigenvalue weighted by Crippen LogP contribution is 2.36. The molecular formula is C14H19ClN6O3. The van der Waals surface area contributed by atoms with Crippen molar-refractivity contribution in [2.45, 2.75) is 26.4 Å². The van der Waals surface area contributed by atoms with Crippen LogP contribution < -0.4 is 20.5 Å². The number of aryl methyl sites for hydroxylation is 1. The first-order valence-electron chi connectivity index (χ1n) is 7.32. The number of hydrogen-bond acceptors (Lipinski definition) is 7. The van der Waals surface area contributed by atoms with Crippen molar-refractivity contribution in [1.29, 1.82) is 0 Å². The minimum absolute atomic E-state index is 0.272. The Hall–Kier alpha value is -2.55. The Kier molecular flexibility index (Phi) is 6.19. The van der Waals surface area contributed by atoms with Gasteiger partial charge in [-0.2, -0.15) is 4.80 Å². The number of methoxy groups -OCH3 is 1. The molecule has 0 aliphatic carbocycles. The molecule has 0 radical (unpaired) electrons. The van der Waals surface area contributed by atoms with E-state index in [1.165, 1.54) is 11.9 Å². The van der Waals surface area contributed by atoms with Crippen molar-refractivity contribution in [3.8, 4) is 11.5 Å². The van der Waals surface area contributed by atoms with E-state index in [4.69, 9.17) is 26.8 Å². The zero-order valence-electron chi connectivity index (χ0n) is 13.5. The average molecular weight is 355 g/mol. The molecule has 2 aromatic rings. The summed E-state index contributed by atoms with van der Waals surface area (Å²) in [5, 5.41) is 15.4. The molecule has 9 nitrogen and oxygen atoms in total. The number of anilines is 1. The summed E-state index contributed by atoms with van der Waals surface area (Å²) in [7, 11) is 1.48. The van der Waals surface area contributed by atoms with Crippen LogP contribution >= 0.6 is 11.6 Å². The molecular weight excluding hydrogens is 336 g/mol. The maximum atomic E-state index is 10.8. The maximum absolute atomic E-state index is 10.8. The number of carbonyl (C=O) groups excluding carboxylic acids is 1. The standard InChI is InChI=1S/C14H19ClN6O3/c1-3-4-21-19-14(18-20-21)17-7-9-5-10(15)13(11(6-9)23-2)24-8-12(16)22/h5-6H,3-4,7-8H2,1-2H3,(H2,16,22)(H,17,19). The molecule has 1 aromatic carbocycles. The molecule has 1 amide bonds. The molecule has 10 heteroatoms. The van der Waals surface area contributed by atoms with E-state index in [1.54, 1.807) is 12.1 Å². The largest absolute Gasteiger partial charge is 0.493 e. The van der Waals surface area contributed by atoms with Crippen molar-refractivity contribution in [3.63, 3.8) is 0 Å². The number of primary amides is 1. The second-order valence-corrected chi connectivity index (χ2v) is 5.33. The second-order valence-electron chi connectivity index (χ2n) is 4.93. The summed E-state index contributed by atoms with van der Waals surface area (Å²) < 4.78 is 10.5. The summed E-state index contributed by atoms with van der Waals surface area (Å²) in [4.78, 5) is 12.4. The molecule has 2 rings (SSSR count). The second kappa shape index (κ2) is 8.34. The van der Waals surface area contributed by atoms with Crippen LogP contribution in [0.3, 0.4) is 0 Å². The highest BCUT2D eigenvalue weighted by atomic mass is 35.5. The molecule has 130 valence electrons. The van der Waals surface area contributed by atoms with Crippen molar-refractivity contribution in [1.82, 2.24) is 20.2 Å². The van der Waals surface area contributed by atoms with Gasteiger partial charge in [-0.25, -0.2) is 0 Å². The molecule has 1 aromatic heterocycles. The van der Waals surface area contributed by atoms with Gasteiger partial charge in [-0.1, -0.05) is 23.6 Å². The van der Waals surface area contributed by atoms with Gasteiger partial charge in [0.25, 0.3) is 11.9 Å². The third-order valence-electron chi connectivity index (χ3n) is 2.98. The lowest BCUT2D eigenvalue weighted by Crippen LogP contribution is -2.20. The number of nitrogens with zero attached hydrogens (tertiary/aromatic N) is 4. The summed E-state index contributed by atoms with van der Waals surface area (Å²) in [5.41, 5.74) is 5.90. The van der Waals surface area contributed by atoms with E-state index in [0.717, 1.165) is 12.0 Å². The fourth-order valence-electron chi connectivity index (χ4n) is 1.95. The van der Waals surface area contributed by atoms with Crippen LogP contribution in [-0.2, 0) is 17.9 Å². The molecule has 0 atom stereocenters. The first kappa shape index (κ1) is 17.8. The van der Waals surface area contributed by atoms with Crippen LogP contribution in [0.1, 0.15) is 18.9 Å². The van der Waals surface area contributed by atoms with Gasteiger partial charge in [-0.3, -0.25) is 4.79 Å². The van der Waals surface area contributed by atoms with Gasteiger partial charge in [0, 0.05) is 6.54 Å². The zero-order valence-corrected chi connectivity index (χ0v) is 14.2. The zero-order chi connectivity index (χ0) is 17.5. The summed E-state index contributed by atoms with van der Waals surface area (Å²) in [5.74, 6) is 0.504. The molecule has 0 bridgehead atoms. The summed E-state index contributed by atoms with van der Waals surface area (Å²) in [6.45, 7) is 2.88. The third-order valence-corrected chi connectivity index (χ3v) is 3.26. The number of nitrogens with one attached hydrogen (secondary N) is 1. The van der Waals surface area contributed by atoms with Crippen LogP contribution in [0.5, 0.6) is 11.5 Å². The minimum Gasteiger partial charge on any atom is -0.493 e. The van der Waals surface area contributed by atoms with E-state index in [0.29, 0.717) is 29.8 Å². The Morgan fingerprint density at radius 1 is 1.46 bits per heavy atom. The van der Waals surface area contributed by atoms with E-state index in [9.17, 15) is 4.79 Å². The lowest BCUT2D eigenvalue weighted by molar-refractivity contribution is -0.119. The number of benzene rings is 1. The van der Waals surface area contributed by atoms with Crippen LogP contribution in [0.2, 0.25) is 5.02 Å². The number of rotatable bonds is 9. The fraction of sp³-hybridized carbons (Fsp3) is 0.429. The van der Waals surface area contributed by atoms with Gasteiger partial charge >= 0.3 is 0 Å². The molecule has 0 aliphatic heterocycles. The van der Waals surface area contributed by atoms with Crippen LogP contribution in [0, 0.1) is 0 Å². The number of tetrazole rings is 1. The minimum atomic E-state index is -0.597. The van der Waals surface area contributed by atoms with Gasteiger partial charge in [0.05, 0.1) is 18.7 Å². The summed E-state index contributed by atoms with van der Waals surface area (Å²) in [6.07, 6.45) is 0.926. The molecule has 3 N–H and O–H groups in total. The van der Waals surface area contributed by atoms with E-state index in [-0.39, 0.29) is 12.4 Å². The van der Waals surface area contributed by atoms with Crippen molar-refractivity contribution < 1.29 is 14.3 Å². The van der Waals surface area contributed by atoms with Crippen LogP contribution in [0.25, 0.3) is 0 Å². The Morgan fingerprint density at radius 2 is 2.25 bits per heavy atom. The van der Waals surface area contributed by atoms with Gasteiger partial charge in [-0.05, 0) is 29.3 Å². The number of ether oxygens (including phenoxy) is 2. The van der Waals surface area contributed by atoms with Crippen molar-refractivity contribution >= 4 is 23.5 Å². The van der Waals surface area contributed by atoms with E-state index < -0.39 is 5.91 Å². The van der Waals surface area contributed by atoms with Gasteiger partial charge < -0.3 is 20.5 Å². The summed E-state index contributed by atoms with van der Waals surface area (Å²) in [6, 6.07) is 3.44. The van der Waals surface area contributed by atoms with Crippen molar-refractivity contribution in [2.75, 3.05) is 19.0 Å². The first-order chi connectivity index (χ1) is 11.5. The third kappa shape index (κ3) is 4.72. The van der Waals surface area contributed by atoms with Gasteiger partial charge in [-0.15, -0.1) is 5.10 Å². The Morgan fingerprint density at radius 3 is 2.92 bits per heavy atom. The number of amides is 1. The monoisotopic (exact) mass is 354 g/mol. The lowest BCUT2D eigenvalue weighted by atomic mass is 10.2. The number of aromatic nitrogens is 4. The topological polar surface area (TPSA) is 117 Å². The smallest absolute Gasteiger partial charge is 0.263 e. The predicted molar refractivity (Wildman–Crippen MR) is 88.1 cm³/mol. The Bertz CT molecular complexity index is 706. The van der Waals surface area contributed by atoms with Crippen LogP contribution in [0.4, 0.5) is 5.95 Å². The van der Waals surface area contributed by atoms with Gasteiger partial charge in [0.1, 0.15) is 0 Å². The number of carbonyl (C=O) groups is 1. The highest BCUT2D eigenvalue weighted by molar-refractivity contribution is 6.32. The molecule has 0 saturated carbocycles. The van der Waals surface area contributed by atoms with Crippen LogP contribution in [0.15, 0.2) is 12.1 Å². The molecule has 0 aliphatic rings. The lowest BCUT2D eigenvalue weighted by Gasteiger charge is -2.13. The molecule has 0 unspecified atom stereocenters. The van der Waals surface area contributed by atoms with E-state index in [1.807, 2.05) is 6.92 Å². The van der Waals surface area contributed by atoms with E-state index in [2.05, 4.69) is 20.7 Å². The van der Waals surface area contributed by atoms with E-state index >= 15 is 0 Å². The Labute approximate surface area is 144 Å². The molecule has 0 fully saturated rings.